The van der Waals surface area contributed by atoms with Crippen molar-refractivity contribution in [3.63, 3.8) is 0 Å². The van der Waals surface area contributed by atoms with E-state index in [1.807, 2.05) is 6.92 Å². The Hall–Kier alpha value is -1.26. The van der Waals surface area contributed by atoms with Crippen LogP contribution in [0.2, 0.25) is 0 Å². The van der Waals surface area contributed by atoms with E-state index in [2.05, 4.69) is 10.6 Å². The normalized spacial score (nSPS) is 28.8. The molecule has 2 amide bonds. The molecule has 13 heavy (non-hydrogen) atoms. The van der Waals surface area contributed by atoms with Gasteiger partial charge in [0.2, 0.25) is 5.91 Å². The van der Waals surface area contributed by atoms with Gasteiger partial charge in [-0.1, -0.05) is 0 Å². The Balaban J connectivity index is 2.53. The fourth-order valence-electron chi connectivity index (χ4n) is 1.46. The van der Waals surface area contributed by atoms with Crippen molar-refractivity contribution < 1.29 is 14.7 Å². The highest BCUT2D eigenvalue weighted by Gasteiger charge is 2.24. The third-order valence-corrected chi connectivity index (χ3v) is 2.13. The third-order valence-electron chi connectivity index (χ3n) is 2.13. The molecule has 0 aromatic rings. The van der Waals surface area contributed by atoms with Crippen LogP contribution < -0.4 is 10.6 Å². The van der Waals surface area contributed by atoms with Gasteiger partial charge in [-0.15, -0.1) is 0 Å². The molecular weight excluding hydrogens is 172 g/mol. The summed E-state index contributed by atoms with van der Waals surface area (Å²) in [6.45, 7) is 1.92. The molecule has 3 N–H and O–H groups in total. The van der Waals surface area contributed by atoms with Crippen LogP contribution in [-0.2, 0) is 4.79 Å². The first-order valence-electron chi connectivity index (χ1n) is 4.39. The van der Waals surface area contributed by atoms with Gasteiger partial charge in [-0.25, -0.2) is 4.79 Å². The van der Waals surface area contributed by atoms with E-state index >= 15 is 0 Å². The monoisotopic (exact) mass is 186 g/mol. The molecule has 1 saturated heterocycles. The first kappa shape index (κ1) is 9.83. The van der Waals surface area contributed by atoms with Gasteiger partial charge in [0.05, 0.1) is 0 Å². The van der Waals surface area contributed by atoms with Gasteiger partial charge in [-0.2, -0.15) is 0 Å². The van der Waals surface area contributed by atoms with E-state index in [1.54, 1.807) is 0 Å². The molecule has 5 heteroatoms. The Labute approximate surface area is 76.5 Å². The van der Waals surface area contributed by atoms with E-state index in [0.29, 0.717) is 6.42 Å². The van der Waals surface area contributed by atoms with Crippen molar-refractivity contribution in [1.29, 1.82) is 0 Å². The maximum atomic E-state index is 11.3. The van der Waals surface area contributed by atoms with Crippen LogP contribution in [0.15, 0.2) is 0 Å². The summed E-state index contributed by atoms with van der Waals surface area (Å²) in [7, 11) is 0. The van der Waals surface area contributed by atoms with Crippen molar-refractivity contribution in [2.45, 2.75) is 38.3 Å². The molecule has 0 unspecified atom stereocenters. The highest BCUT2D eigenvalue weighted by Crippen LogP contribution is 2.09. The van der Waals surface area contributed by atoms with Crippen LogP contribution in [0.25, 0.3) is 0 Å². The zero-order valence-electron chi connectivity index (χ0n) is 7.54. The summed E-state index contributed by atoms with van der Waals surface area (Å²) in [6.07, 6.45) is 1.21. The van der Waals surface area contributed by atoms with Gasteiger partial charge in [0.1, 0.15) is 6.04 Å². The van der Waals surface area contributed by atoms with Crippen LogP contribution in [0.1, 0.15) is 26.2 Å². The van der Waals surface area contributed by atoms with E-state index in [0.717, 1.165) is 12.8 Å². The molecule has 0 bridgehead atoms. The van der Waals surface area contributed by atoms with Crippen LogP contribution in [0.3, 0.4) is 0 Å². The first-order valence-corrected chi connectivity index (χ1v) is 4.39. The Bertz CT molecular complexity index is 217. The minimum Gasteiger partial charge on any atom is -0.465 e. The number of nitrogens with one attached hydrogen (secondary N) is 2. The van der Waals surface area contributed by atoms with Gasteiger partial charge in [-0.3, -0.25) is 4.79 Å². The summed E-state index contributed by atoms with van der Waals surface area (Å²) in [6, 6.07) is -0.435. The van der Waals surface area contributed by atoms with Gasteiger partial charge in [0, 0.05) is 6.04 Å². The molecule has 0 saturated carbocycles. The van der Waals surface area contributed by atoms with Gasteiger partial charge in [-0.05, 0) is 26.2 Å². The summed E-state index contributed by atoms with van der Waals surface area (Å²) in [5, 5.41) is 13.4. The van der Waals surface area contributed by atoms with E-state index in [9.17, 15) is 9.59 Å². The van der Waals surface area contributed by atoms with Gasteiger partial charge in [0.15, 0.2) is 0 Å². The SMILES string of the molecule is C[C@H]1CCC[C@H](NC(=O)O)C(=O)N1. The van der Waals surface area contributed by atoms with Gasteiger partial charge < -0.3 is 15.7 Å². The zero-order chi connectivity index (χ0) is 9.84. The maximum Gasteiger partial charge on any atom is 0.405 e. The quantitative estimate of drug-likeness (QED) is 0.551. The largest absolute Gasteiger partial charge is 0.465 e. The number of amides is 2. The molecule has 0 radical (unpaired) electrons. The zero-order valence-corrected chi connectivity index (χ0v) is 7.54. The van der Waals surface area contributed by atoms with Crippen LogP contribution in [-0.4, -0.2) is 29.2 Å². The number of carbonyl (C=O) groups excluding carboxylic acids is 1. The summed E-state index contributed by atoms with van der Waals surface area (Å²) < 4.78 is 0. The summed E-state index contributed by atoms with van der Waals surface area (Å²) in [4.78, 5) is 21.6. The van der Waals surface area contributed by atoms with Crippen molar-refractivity contribution in [3.05, 3.63) is 0 Å². The molecule has 1 fully saturated rings. The molecule has 74 valence electrons. The Morgan fingerprint density at radius 1 is 1.62 bits per heavy atom. The fourth-order valence-corrected chi connectivity index (χ4v) is 1.46. The fraction of sp³-hybridized carbons (Fsp3) is 0.750. The van der Waals surface area contributed by atoms with E-state index in [-0.39, 0.29) is 11.9 Å². The molecule has 1 rings (SSSR count). The second kappa shape index (κ2) is 4.11. The lowest BCUT2D eigenvalue weighted by molar-refractivity contribution is -0.123. The smallest absolute Gasteiger partial charge is 0.405 e. The molecule has 5 nitrogen and oxygen atoms in total. The highest BCUT2D eigenvalue weighted by atomic mass is 16.4. The highest BCUT2D eigenvalue weighted by molar-refractivity contribution is 5.85. The number of hydrogen-bond donors (Lipinski definition) is 3. The van der Waals surface area contributed by atoms with Crippen LogP contribution >= 0.6 is 0 Å². The van der Waals surface area contributed by atoms with Crippen molar-refractivity contribution in [3.8, 4) is 0 Å². The minimum atomic E-state index is -1.14. The molecule has 1 aliphatic rings. The van der Waals surface area contributed by atoms with Crippen molar-refractivity contribution >= 4 is 12.0 Å². The predicted molar refractivity (Wildman–Crippen MR) is 46.4 cm³/mol. The molecule has 1 aliphatic heterocycles. The van der Waals surface area contributed by atoms with Crippen LogP contribution in [0, 0.1) is 0 Å². The topological polar surface area (TPSA) is 78.4 Å². The lowest BCUT2D eigenvalue weighted by atomic mass is 10.1. The second-order valence-electron chi connectivity index (χ2n) is 3.34. The number of carboxylic acid groups (broad SMARTS) is 1. The maximum absolute atomic E-state index is 11.3. The van der Waals surface area contributed by atoms with Crippen LogP contribution in [0.4, 0.5) is 4.79 Å². The van der Waals surface area contributed by atoms with E-state index < -0.39 is 12.1 Å². The lowest BCUT2D eigenvalue weighted by Gasteiger charge is -2.13. The van der Waals surface area contributed by atoms with Gasteiger partial charge in [0.25, 0.3) is 0 Å². The molecule has 2 atom stereocenters. The van der Waals surface area contributed by atoms with Crippen molar-refractivity contribution in [2.24, 2.45) is 0 Å². The molecule has 0 aromatic carbocycles. The summed E-state index contributed by atoms with van der Waals surface area (Å²) in [5.74, 6) is -0.215. The molecule has 0 aromatic heterocycles. The average molecular weight is 186 g/mol. The Kier molecular flexibility index (Phi) is 3.11. The molecule has 0 aliphatic carbocycles. The molecule has 0 spiro atoms. The molecular formula is C8H14N2O3. The predicted octanol–water partition coefficient (Wildman–Crippen LogP) is 0.311. The average Bonchev–Trinajstić information content (AvgIpc) is 2.13. The third kappa shape index (κ3) is 2.93. The lowest BCUT2D eigenvalue weighted by Crippen LogP contribution is -2.46. The Morgan fingerprint density at radius 3 is 2.92 bits per heavy atom. The minimum absolute atomic E-state index is 0.146. The van der Waals surface area contributed by atoms with Crippen LogP contribution in [0.5, 0.6) is 0 Å². The second-order valence-corrected chi connectivity index (χ2v) is 3.34. The van der Waals surface area contributed by atoms with Crippen molar-refractivity contribution in [1.82, 2.24) is 10.6 Å². The number of carbonyl (C=O) groups is 2. The number of hydrogen-bond acceptors (Lipinski definition) is 2. The van der Waals surface area contributed by atoms with E-state index in [4.69, 9.17) is 5.11 Å². The molecule has 1 heterocycles. The van der Waals surface area contributed by atoms with Crippen molar-refractivity contribution in [2.75, 3.05) is 0 Å². The Morgan fingerprint density at radius 2 is 2.31 bits per heavy atom. The summed E-state index contributed by atoms with van der Waals surface area (Å²) >= 11 is 0. The first-order chi connectivity index (χ1) is 6.09. The van der Waals surface area contributed by atoms with E-state index in [1.165, 1.54) is 0 Å². The summed E-state index contributed by atoms with van der Waals surface area (Å²) in [5.41, 5.74) is 0. The number of rotatable bonds is 1. The van der Waals surface area contributed by atoms with Gasteiger partial charge >= 0.3 is 6.09 Å². The standard InChI is InChI=1S/C8H14N2O3/c1-5-3-2-4-6(7(11)9-5)10-8(12)13/h5-6,10H,2-4H2,1H3,(H,9,11)(H,12,13)/t5-,6-/m0/s1.